The molecule has 0 bridgehead atoms. The monoisotopic (exact) mass is 423 g/mol. The van der Waals surface area contributed by atoms with Crippen LogP contribution in [0, 0.1) is 5.82 Å². The van der Waals surface area contributed by atoms with E-state index in [-0.39, 0.29) is 22.6 Å². The van der Waals surface area contributed by atoms with E-state index < -0.39 is 29.3 Å². The third-order valence-electron chi connectivity index (χ3n) is 5.02. The predicted molar refractivity (Wildman–Crippen MR) is 109 cm³/mol. The van der Waals surface area contributed by atoms with E-state index in [0.29, 0.717) is 11.5 Å². The second-order valence-electron chi connectivity index (χ2n) is 6.73. The van der Waals surface area contributed by atoms with E-state index in [0.717, 1.165) is 0 Å². The molecule has 4 rings (SSSR count). The van der Waals surface area contributed by atoms with Crippen LogP contribution >= 0.6 is 0 Å². The largest absolute Gasteiger partial charge is 0.507 e. The molecule has 0 radical (unpaired) electrons. The number of carbonyl (C=O) groups excluding carboxylic acids is 2. The maximum atomic E-state index is 13.4. The third-order valence-corrected chi connectivity index (χ3v) is 5.02. The summed E-state index contributed by atoms with van der Waals surface area (Å²) in [6.45, 7) is 0. The number of nitrogens with zero attached hydrogens (tertiary/aromatic N) is 1. The molecule has 8 heteroatoms. The first-order valence-electron chi connectivity index (χ1n) is 9.28. The third kappa shape index (κ3) is 3.42. The maximum absolute atomic E-state index is 13.4. The number of benzene rings is 2. The molecule has 1 fully saturated rings. The molecule has 1 aliphatic heterocycles. The Labute approximate surface area is 176 Å². The van der Waals surface area contributed by atoms with Crippen LogP contribution in [0.25, 0.3) is 5.76 Å². The van der Waals surface area contributed by atoms with Gasteiger partial charge in [-0.05, 0) is 54.6 Å². The fraction of sp³-hybridized carbons (Fsp3) is 0.130. The van der Waals surface area contributed by atoms with Crippen LogP contribution in [0.2, 0.25) is 0 Å². The number of hydrogen-bond donors (Lipinski definition) is 1. The summed E-state index contributed by atoms with van der Waals surface area (Å²) < 4.78 is 29.4. The fourth-order valence-corrected chi connectivity index (χ4v) is 3.56. The lowest BCUT2D eigenvalue weighted by Gasteiger charge is -2.23. The molecule has 3 aromatic rings. The number of Topliss-reactive ketones (excluding diaryl/α,β-unsaturated/α-hetero) is 1. The summed E-state index contributed by atoms with van der Waals surface area (Å²) >= 11 is 0. The standard InChI is InChI=1S/C23H18FNO6/c1-29-16-10-5-13(12-18(16)30-2)21(26)19-20(17-4-3-11-31-17)25(23(28)22(19)27)15-8-6-14(24)7-9-15/h3-12,20,26H,1-2H3/b21-19-. The topological polar surface area (TPSA) is 89.2 Å². The Morgan fingerprint density at radius 3 is 2.35 bits per heavy atom. The highest BCUT2D eigenvalue weighted by Crippen LogP contribution is 2.43. The van der Waals surface area contributed by atoms with Gasteiger partial charge in [-0.3, -0.25) is 14.5 Å². The number of rotatable bonds is 5. The van der Waals surface area contributed by atoms with Gasteiger partial charge in [-0.25, -0.2) is 4.39 Å². The average Bonchev–Trinajstić information content (AvgIpc) is 3.40. The number of ether oxygens (including phenoxy) is 2. The highest BCUT2D eigenvalue weighted by Gasteiger charge is 2.48. The molecule has 7 nitrogen and oxygen atoms in total. The molecule has 1 aromatic heterocycles. The van der Waals surface area contributed by atoms with Crippen LogP contribution < -0.4 is 14.4 Å². The first-order valence-corrected chi connectivity index (χ1v) is 9.28. The van der Waals surface area contributed by atoms with Gasteiger partial charge in [0, 0.05) is 11.3 Å². The zero-order chi connectivity index (χ0) is 22.1. The summed E-state index contributed by atoms with van der Waals surface area (Å²) in [6, 6.07) is 11.9. The number of aliphatic hydroxyl groups excluding tert-OH is 1. The van der Waals surface area contributed by atoms with Crippen LogP contribution in [0.5, 0.6) is 11.5 Å². The van der Waals surface area contributed by atoms with E-state index in [1.54, 1.807) is 24.3 Å². The first-order chi connectivity index (χ1) is 15.0. The summed E-state index contributed by atoms with van der Waals surface area (Å²) in [5.41, 5.74) is 0.388. The minimum absolute atomic E-state index is 0.156. The van der Waals surface area contributed by atoms with Crippen LogP contribution in [0.3, 0.4) is 0 Å². The molecule has 1 saturated heterocycles. The lowest BCUT2D eigenvalue weighted by atomic mass is 9.99. The highest BCUT2D eigenvalue weighted by atomic mass is 19.1. The first kappa shape index (κ1) is 20.2. The molecule has 2 heterocycles. The summed E-state index contributed by atoms with van der Waals surface area (Å²) in [5, 5.41) is 11.1. The van der Waals surface area contributed by atoms with Crippen molar-refractivity contribution in [3.63, 3.8) is 0 Å². The quantitative estimate of drug-likeness (QED) is 0.378. The van der Waals surface area contributed by atoms with Gasteiger partial charge < -0.3 is 19.0 Å². The highest BCUT2D eigenvalue weighted by molar-refractivity contribution is 6.51. The molecule has 1 atom stereocenters. The van der Waals surface area contributed by atoms with Crippen molar-refractivity contribution in [2.75, 3.05) is 19.1 Å². The minimum Gasteiger partial charge on any atom is -0.507 e. The van der Waals surface area contributed by atoms with Crippen LogP contribution in [-0.4, -0.2) is 31.0 Å². The van der Waals surface area contributed by atoms with Gasteiger partial charge in [0.05, 0.1) is 26.1 Å². The summed E-state index contributed by atoms with van der Waals surface area (Å²) in [5.74, 6) is -1.59. The number of halogens is 1. The van der Waals surface area contributed by atoms with Crippen molar-refractivity contribution in [2.45, 2.75) is 6.04 Å². The second-order valence-corrected chi connectivity index (χ2v) is 6.73. The number of methoxy groups -OCH3 is 2. The molecule has 1 unspecified atom stereocenters. The molecule has 0 saturated carbocycles. The van der Waals surface area contributed by atoms with E-state index in [4.69, 9.17) is 13.9 Å². The van der Waals surface area contributed by atoms with Crippen LogP contribution in [0.15, 0.2) is 70.9 Å². The van der Waals surface area contributed by atoms with Gasteiger partial charge in [-0.1, -0.05) is 0 Å². The predicted octanol–water partition coefficient (Wildman–Crippen LogP) is 4.06. The Bertz CT molecular complexity index is 1170. The van der Waals surface area contributed by atoms with E-state index in [9.17, 15) is 19.1 Å². The Hall–Kier alpha value is -4.07. The number of furan rings is 1. The number of ketones is 1. The molecule has 0 aliphatic carbocycles. The Morgan fingerprint density at radius 1 is 1.03 bits per heavy atom. The molecule has 158 valence electrons. The van der Waals surface area contributed by atoms with Crippen molar-refractivity contribution in [1.29, 1.82) is 0 Å². The summed E-state index contributed by atoms with van der Waals surface area (Å²) in [6.07, 6.45) is 1.40. The van der Waals surface area contributed by atoms with Gasteiger partial charge in [-0.2, -0.15) is 0 Å². The van der Waals surface area contributed by atoms with Crippen molar-refractivity contribution in [3.8, 4) is 11.5 Å². The normalized spacial score (nSPS) is 17.8. The fourth-order valence-electron chi connectivity index (χ4n) is 3.56. The molecule has 1 N–H and O–H groups in total. The Kier molecular flexibility index (Phi) is 5.21. The minimum atomic E-state index is -1.03. The summed E-state index contributed by atoms with van der Waals surface area (Å²) in [4.78, 5) is 27.1. The molecule has 0 spiro atoms. The maximum Gasteiger partial charge on any atom is 0.300 e. The molecule has 1 amide bonds. The van der Waals surface area contributed by atoms with E-state index >= 15 is 0 Å². The van der Waals surface area contributed by atoms with Gasteiger partial charge in [0.2, 0.25) is 0 Å². The number of anilines is 1. The van der Waals surface area contributed by atoms with Gasteiger partial charge in [0.1, 0.15) is 23.4 Å². The van der Waals surface area contributed by atoms with Crippen LogP contribution in [-0.2, 0) is 9.59 Å². The van der Waals surface area contributed by atoms with Gasteiger partial charge in [-0.15, -0.1) is 0 Å². The van der Waals surface area contributed by atoms with Gasteiger partial charge in [0.15, 0.2) is 11.5 Å². The Morgan fingerprint density at radius 2 is 1.74 bits per heavy atom. The zero-order valence-electron chi connectivity index (χ0n) is 16.7. The average molecular weight is 423 g/mol. The van der Waals surface area contributed by atoms with Crippen molar-refractivity contribution >= 4 is 23.1 Å². The van der Waals surface area contributed by atoms with Crippen LogP contribution in [0.1, 0.15) is 17.4 Å². The van der Waals surface area contributed by atoms with E-state index in [1.807, 2.05) is 0 Å². The molecular formula is C23H18FNO6. The number of hydrogen-bond acceptors (Lipinski definition) is 6. The molecule has 31 heavy (non-hydrogen) atoms. The SMILES string of the molecule is COc1ccc(/C(O)=C2/C(=O)C(=O)N(c3ccc(F)cc3)C2c2ccco2)cc1OC. The number of aliphatic hydroxyl groups is 1. The van der Waals surface area contributed by atoms with Gasteiger partial charge >= 0.3 is 0 Å². The van der Waals surface area contributed by atoms with Crippen molar-refractivity contribution in [3.05, 3.63) is 83.6 Å². The molecule has 1 aliphatic rings. The Balaban J connectivity index is 1.90. The lowest BCUT2D eigenvalue weighted by Crippen LogP contribution is -2.29. The number of carbonyl (C=O) groups is 2. The smallest absolute Gasteiger partial charge is 0.300 e. The van der Waals surface area contributed by atoms with Crippen molar-refractivity contribution < 1.29 is 33.0 Å². The van der Waals surface area contributed by atoms with Crippen molar-refractivity contribution in [2.24, 2.45) is 0 Å². The lowest BCUT2D eigenvalue weighted by molar-refractivity contribution is -0.132. The molecule has 2 aromatic carbocycles. The van der Waals surface area contributed by atoms with Crippen LogP contribution in [0.4, 0.5) is 10.1 Å². The number of amides is 1. The van der Waals surface area contributed by atoms with Gasteiger partial charge in [0.25, 0.3) is 11.7 Å². The molecular weight excluding hydrogens is 405 g/mol. The van der Waals surface area contributed by atoms with Crippen molar-refractivity contribution in [1.82, 2.24) is 0 Å². The zero-order valence-corrected chi connectivity index (χ0v) is 16.7. The second kappa shape index (κ2) is 7.98. The summed E-state index contributed by atoms with van der Waals surface area (Å²) in [7, 11) is 2.92. The van der Waals surface area contributed by atoms with E-state index in [2.05, 4.69) is 0 Å². The van der Waals surface area contributed by atoms with E-state index in [1.165, 1.54) is 55.7 Å².